The Morgan fingerprint density at radius 3 is 3.00 bits per heavy atom. The molecule has 1 N–H and O–H groups in total. The van der Waals surface area contributed by atoms with Crippen LogP contribution in [0.25, 0.3) is 5.82 Å². The fourth-order valence-electron chi connectivity index (χ4n) is 1.41. The van der Waals surface area contributed by atoms with Crippen LogP contribution in [0.3, 0.4) is 0 Å². The molecule has 0 aliphatic heterocycles. The summed E-state index contributed by atoms with van der Waals surface area (Å²) in [5.41, 5.74) is 1.08. The van der Waals surface area contributed by atoms with Gasteiger partial charge in [0.15, 0.2) is 5.82 Å². The van der Waals surface area contributed by atoms with Gasteiger partial charge in [-0.2, -0.15) is 0 Å². The molecule has 4 nitrogen and oxygen atoms in total. The van der Waals surface area contributed by atoms with E-state index in [0.29, 0.717) is 10.8 Å². The molecule has 2 aromatic rings. The van der Waals surface area contributed by atoms with Crippen LogP contribution in [-0.4, -0.2) is 21.1 Å². The first-order chi connectivity index (χ1) is 7.81. The Labute approximate surface area is 99.3 Å². The lowest BCUT2D eigenvalue weighted by atomic mass is 10.3. The smallest absolute Gasteiger partial charge is 0.156 e. The second-order valence-electron chi connectivity index (χ2n) is 3.40. The number of rotatable bonds is 4. The van der Waals surface area contributed by atoms with Crippen molar-refractivity contribution in [1.82, 2.24) is 19.9 Å². The molecule has 0 aliphatic carbocycles. The molecule has 0 aromatic carbocycles. The maximum atomic E-state index is 6.16. The van der Waals surface area contributed by atoms with E-state index in [1.54, 1.807) is 17.1 Å². The molecular weight excluding hydrogens is 224 g/mol. The summed E-state index contributed by atoms with van der Waals surface area (Å²) >= 11 is 6.16. The van der Waals surface area contributed by atoms with Crippen LogP contribution in [-0.2, 0) is 6.54 Å². The fraction of sp³-hybridized carbons (Fsp3) is 0.273. The van der Waals surface area contributed by atoms with Gasteiger partial charge < -0.3 is 5.32 Å². The normalized spacial score (nSPS) is 10.6. The average Bonchev–Trinajstić information content (AvgIpc) is 2.80. The number of pyridine rings is 1. The molecule has 0 atom stereocenters. The van der Waals surface area contributed by atoms with Gasteiger partial charge >= 0.3 is 0 Å². The van der Waals surface area contributed by atoms with Crippen molar-refractivity contribution in [3.8, 4) is 5.82 Å². The van der Waals surface area contributed by atoms with Gasteiger partial charge in [0, 0.05) is 25.1 Å². The summed E-state index contributed by atoms with van der Waals surface area (Å²) in [6.45, 7) is 3.78. The van der Waals surface area contributed by atoms with Crippen molar-refractivity contribution < 1.29 is 0 Å². The van der Waals surface area contributed by atoms with Crippen molar-refractivity contribution in [2.24, 2.45) is 0 Å². The Kier molecular flexibility index (Phi) is 3.54. The number of nitrogens with zero attached hydrogens (tertiary/aromatic N) is 3. The Balaban J connectivity index is 2.23. The summed E-state index contributed by atoms with van der Waals surface area (Å²) in [7, 11) is 0. The van der Waals surface area contributed by atoms with E-state index in [2.05, 4.69) is 22.2 Å². The van der Waals surface area contributed by atoms with Crippen molar-refractivity contribution in [3.05, 3.63) is 41.6 Å². The second-order valence-corrected chi connectivity index (χ2v) is 3.81. The van der Waals surface area contributed by atoms with E-state index in [1.165, 1.54) is 0 Å². The summed E-state index contributed by atoms with van der Waals surface area (Å²) in [5.74, 6) is 0.708. The van der Waals surface area contributed by atoms with Crippen LogP contribution in [0, 0.1) is 0 Å². The zero-order valence-electron chi connectivity index (χ0n) is 9.02. The standard InChI is InChI=1S/C11H13ClN4/c1-2-13-6-9-5-10(12)11(15-7-9)16-4-3-14-8-16/h3-5,7-8,13H,2,6H2,1H3. The van der Waals surface area contributed by atoms with E-state index < -0.39 is 0 Å². The first-order valence-corrected chi connectivity index (χ1v) is 5.52. The third-order valence-electron chi connectivity index (χ3n) is 2.21. The molecule has 2 rings (SSSR count). The number of imidazole rings is 1. The molecule has 0 bridgehead atoms. The summed E-state index contributed by atoms with van der Waals surface area (Å²) < 4.78 is 1.79. The molecule has 84 valence electrons. The highest BCUT2D eigenvalue weighted by Crippen LogP contribution is 2.18. The molecule has 0 saturated carbocycles. The lowest BCUT2D eigenvalue weighted by Gasteiger charge is -2.06. The van der Waals surface area contributed by atoms with Crippen molar-refractivity contribution in [1.29, 1.82) is 0 Å². The summed E-state index contributed by atoms with van der Waals surface area (Å²) in [6, 6.07) is 1.92. The quantitative estimate of drug-likeness (QED) is 0.884. The van der Waals surface area contributed by atoms with Crippen molar-refractivity contribution in [2.75, 3.05) is 6.54 Å². The molecule has 0 fully saturated rings. The maximum absolute atomic E-state index is 6.16. The van der Waals surface area contributed by atoms with Crippen LogP contribution >= 0.6 is 11.6 Å². The largest absolute Gasteiger partial charge is 0.313 e. The minimum absolute atomic E-state index is 0.633. The molecule has 5 heteroatoms. The van der Waals surface area contributed by atoms with Gasteiger partial charge in [-0.1, -0.05) is 18.5 Å². The minimum atomic E-state index is 0.633. The molecule has 0 radical (unpaired) electrons. The Bertz CT molecular complexity index is 453. The highest BCUT2D eigenvalue weighted by atomic mass is 35.5. The SMILES string of the molecule is CCNCc1cnc(-n2ccnc2)c(Cl)c1. The van der Waals surface area contributed by atoms with Gasteiger partial charge in [0.2, 0.25) is 0 Å². The molecule has 0 amide bonds. The first-order valence-electron chi connectivity index (χ1n) is 5.14. The van der Waals surface area contributed by atoms with E-state index in [9.17, 15) is 0 Å². The van der Waals surface area contributed by atoms with Crippen LogP contribution in [0.5, 0.6) is 0 Å². The van der Waals surface area contributed by atoms with E-state index >= 15 is 0 Å². The number of hydrogen-bond acceptors (Lipinski definition) is 3. The average molecular weight is 237 g/mol. The summed E-state index contributed by atoms with van der Waals surface area (Å²) in [5, 5.41) is 3.86. The minimum Gasteiger partial charge on any atom is -0.313 e. The van der Waals surface area contributed by atoms with Gasteiger partial charge in [0.1, 0.15) is 6.33 Å². The lowest BCUT2D eigenvalue weighted by Crippen LogP contribution is -2.12. The van der Waals surface area contributed by atoms with E-state index in [0.717, 1.165) is 18.7 Å². The fourth-order valence-corrected chi connectivity index (χ4v) is 1.70. The molecule has 0 unspecified atom stereocenters. The van der Waals surface area contributed by atoms with Crippen molar-refractivity contribution in [2.45, 2.75) is 13.5 Å². The highest BCUT2D eigenvalue weighted by Gasteiger charge is 2.04. The highest BCUT2D eigenvalue weighted by molar-refractivity contribution is 6.32. The number of hydrogen-bond donors (Lipinski definition) is 1. The number of halogens is 1. The van der Waals surface area contributed by atoms with Gasteiger partial charge in [-0.05, 0) is 18.2 Å². The molecule has 0 aliphatic rings. The molecule has 0 spiro atoms. The van der Waals surface area contributed by atoms with Crippen molar-refractivity contribution in [3.63, 3.8) is 0 Å². The third kappa shape index (κ3) is 2.40. The predicted octanol–water partition coefficient (Wildman–Crippen LogP) is 2.03. The molecule has 2 heterocycles. The van der Waals surface area contributed by atoms with Gasteiger partial charge in [-0.3, -0.25) is 4.57 Å². The van der Waals surface area contributed by atoms with Gasteiger partial charge in [0.05, 0.1) is 5.02 Å². The van der Waals surface area contributed by atoms with Gasteiger partial charge in [-0.25, -0.2) is 9.97 Å². The van der Waals surface area contributed by atoms with E-state index in [4.69, 9.17) is 11.6 Å². The third-order valence-corrected chi connectivity index (χ3v) is 2.48. The lowest BCUT2D eigenvalue weighted by molar-refractivity contribution is 0.723. The summed E-state index contributed by atoms with van der Waals surface area (Å²) in [6.07, 6.45) is 7.02. The maximum Gasteiger partial charge on any atom is 0.156 e. The van der Waals surface area contributed by atoms with Crippen LogP contribution in [0.2, 0.25) is 5.02 Å². The number of nitrogens with one attached hydrogen (secondary N) is 1. The van der Waals surface area contributed by atoms with Crippen LogP contribution in [0.1, 0.15) is 12.5 Å². The molecule has 2 aromatic heterocycles. The monoisotopic (exact) mass is 236 g/mol. The van der Waals surface area contributed by atoms with Crippen LogP contribution in [0.4, 0.5) is 0 Å². The molecule has 0 saturated heterocycles. The summed E-state index contributed by atoms with van der Waals surface area (Å²) in [4.78, 5) is 8.29. The zero-order chi connectivity index (χ0) is 11.4. The van der Waals surface area contributed by atoms with Gasteiger partial charge in [-0.15, -0.1) is 0 Å². The van der Waals surface area contributed by atoms with Gasteiger partial charge in [0.25, 0.3) is 0 Å². The number of aromatic nitrogens is 3. The Morgan fingerprint density at radius 1 is 1.50 bits per heavy atom. The Hall–Kier alpha value is -1.39. The van der Waals surface area contributed by atoms with E-state index in [1.807, 2.05) is 18.5 Å². The second kappa shape index (κ2) is 5.09. The topological polar surface area (TPSA) is 42.7 Å². The van der Waals surface area contributed by atoms with E-state index in [-0.39, 0.29) is 0 Å². The molecule has 16 heavy (non-hydrogen) atoms. The first kappa shape index (κ1) is 11.1. The predicted molar refractivity (Wildman–Crippen MR) is 63.7 cm³/mol. The van der Waals surface area contributed by atoms with Crippen LogP contribution < -0.4 is 5.32 Å². The van der Waals surface area contributed by atoms with Crippen molar-refractivity contribution >= 4 is 11.6 Å². The molecular formula is C11H13ClN4. The zero-order valence-corrected chi connectivity index (χ0v) is 9.78. The van der Waals surface area contributed by atoms with Crippen LogP contribution in [0.15, 0.2) is 31.0 Å². The Morgan fingerprint density at radius 2 is 2.38 bits per heavy atom.